The predicted octanol–water partition coefficient (Wildman–Crippen LogP) is 2.17. The number of carbonyl (C=O) groups is 2. The summed E-state index contributed by atoms with van der Waals surface area (Å²) in [4.78, 5) is 22.2. The van der Waals surface area contributed by atoms with Crippen molar-refractivity contribution in [2.24, 2.45) is 0 Å². The lowest BCUT2D eigenvalue weighted by Crippen LogP contribution is -2.08. The van der Waals surface area contributed by atoms with Gasteiger partial charge < -0.3 is 9.47 Å². The second kappa shape index (κ2) is 8.47. The van der Waals surface area contributed by atoms with Crippen LogP contribution in [0.1, 0.15) is 26.7 Å². The van der Waals surface area contributed by atoms with Gasteiger partial charge in [0.1, 0.15) is 4.48 Å². The highest BCUT2D eigenvalue weighted by Crippen LogP contribution is 2.08. The zero-order chi connectivity index (χ0) is 11.7. The SMILES string of the molecule is CCCOC(=O)/C=C(\Br)C(=O)OCCC. The minimum Gasteiger partial charge on any atom is -0.463 e. The number of esters is 2. The monoisotopic (exact) mass is 278 g/mol. The molecule has 0 aromatic heterocycles. The minimum atomic E-state index is -0.551. The maximum atomic E-state index is 11.2. The van der Waals surface area contributed by atoms with Crippen LogP contribution in [0.2, 0.25) is 0 Å². The van der Waals surface area contributed by atoms with E-state index in [0.29, 0.717) is 13.2 Å². The molecule has 0 spiro atoms. The van der Waals surface area contributed by atoms with Crippen LogP contribution in [0.4, 0.5) is 0 Å². The third-order valence-corrected chi connectivity index (χ3v) is 1.88. The van der Waals surface area contributed by atoms with E-state index in [-0.39, 0.29) is 4.48 Å². The molecule has 0 N–H and O–H groups in total. The van der Waals surface area contributed by atoms with E-state index in [4.69, 9.17) is 9.47 Å². The van der Waals surface area contributed by atoms with Gasteiger partial charge in [-0.2, -0.15) is 0 Å². The van der Waals surface area contributed by atoms with Gasteiger partial charge in [-0.15, -0.1) is 0 Å². The van der Waals surface area contributed by atoms with E-state index in [2.05, 4.69) is 15.9 Å². The molecule has 0 unspecified atom stereocenters. The maximum absolute atomic E-state index is 11.2. The van der Waals surface area contributed by atoms with Crippen LogP contribution < -0.4 is 0 Å². The Bertz CT molecular complexity index is 248. The van der Waals surface area contributed by atoms with Crippen LogP contribution in [0, 0.1) is 0 Å². The third-order valence-electron chi connectivity index (χ3n) is 1.33. The Hall–Kier alpha value is -0.840. The first kappa shape index (κ1) is 14.2. The fourth-order valence-corrected chi connectivity index (χ4v) is 0.972. The first-order valence-corrected chi connectivity index (χ1v) is 5.62. The van der Waals surface area contributed by atoms with Crippen LogP contribution in [-0.4, -0.2) is 25.2 Å². The van der Waals surface area contributed by atoms with Gasteiger partial charge in [-0.25, -0.2) is 9.59 Å². The summed E-state index contributed by atoms with van der Waals surface area (Å²) in [6, 6.07) is 0. The number of halogens is 1. The smallest absolute Gasteiger partial charge is 0.345 e. The highest BCUT2D eigenvalue weighted by Gasteiger charge is 2.09. The second-order valence-electron chi connectivity index (χ2n) is 2.80. The average molecular weight is 279 g/mol. The van der Waals surface area contributed by atoms with Crippen LogP contribution in [0.5, 0.6) is 0 Å². The molecule has 0 aliphatic heterocycles. The van der Waals surface area contributed by atoms with Gasteiger partial charge in [0.15, 0.2) is 0 Å². The summed E-state index contributed by atoms with van der Waals surface area (Å²) < 4.78 is 9.64. The van der Waals surface area contributed by atoms with Crippen LogP contribution in [0.15, 0.2) is 10.6 Å². The maximum Gasteiger partial charge on any atom is 0.345 e. The molecule has 0 radical (unpaired) electrons. The zero-order valence-electron chi connectivity index (χ0n) is 8.92. The summed E-state index contributed by atoms with van der Waals surface area (Å²) in [6.07, 6.45) is 2.57. The van der Waals surface area contributed by atoms with Gasteiger partial charge in [-0.05, 0) is 28.8 Å². The lowest BCUT2D eigenvalue weighted by atomic mass is 10.5. The number of rotatable bonds is 6. The third kappa shape index (κ3) is 7.13. The fraction of sp³-hybridized carbons (Fsp3) is 0.600. The highest BCUT2D eigenvalue weighted by atomic mass is 79.9. The lowest BCUT2D eigenvalue weighted by Gasteiger charge is -2.02. The molecule has 0 heterocycles. The number of carbonyl (C=O) groups excluding carboxylic acids is 2. The van der Waals surface area contributed by atoms with Gasteiger partial charge in [-0.3, -0.25) is 0 Å². The molecule has 0 saturated heterocycles. The Labute approximate surface area is 97.8 Å². The normalized spacial score (nSPS) is 11.0. The van der Waals surface area contributed by atoms with E-state index in [1.54, 1.807) is 0 Å². The van der Waals surface area contributed by atoms with Crippen molar-refractivity contribution in [1.82, 2.24) is 0 Å². The standard InChI is InChI=1S/C10H15BrO4/c1-3-5-14-9(12)7-8(11)10(13)15-6-4-2/h7H,3-6H2,1-2H3/b8-7-. The van der Waals surface area contributed by atoms with Crippen molar-refractivity contribution in [1.29, 1.82) is 0 Å². The summed E-state index contributed by atoms with van der Waals surface area (Å²) in [6.45, 7) is 4.47. The summed E-state index contributed by atoms with van der Waals surface area (Å²) in [5, 5.41) is 0. The van der Waals surface area contributed by atoms with Crippen molar-refractivity contribution in [2.75, 3.05) is 13.2 Å². The molecule has 15 heavy (non-hydrogen) atoms. The van der Waals surface area contributed by atoms with Crippen molar-refractivity contribution < 1.29 is 19.1 Å². The molecule has 0 aliphatic carbocycles. The van der Waals surface area contributed by atoms with Crippen molar-refractivity contribution in [3.63, 3.8) is 0 Å². The minimum absolute atomic E-state index is 0.0806. The van der Waals surface area contributed by atoms with E-state index < -0.39 is 11.9 Å². The van der Waals surface area contributed by atoms with Crippen LogP contribution in [-0.2, 0) is 19.1 Å². The Balaban J connectivity index is 4.05. The Morgan fingerprint density at radius 2 is 1.67 bits per heavy atom. The van der Waals surface area contributed by atoms with Crippen molar-refractivity contribution in [3.8, 4) is 0 Å². The molecular formula is C10H15BrO4. The molecule has 0 amide bonds. The van der Waals surface area contributed by atoms with E-state index in [0.717, 1.165) is 18.9 Å². The quantitative estimate of drug-likeness (QED) is 0.552. The van der Waals surface area contributed by atoms with E-state index in [1.165, 1.54) is 0 Å². The zero-order valence-corrected chi connectivity index (χ0v) is 10.5. The molecule has 0 fully saturated rings. The average Bonchev–Trinajstić information content (AvgIpc) is 2.22. The topological polar surface area (TPSA) is 52.6 Å². The molecule has 86 valence electrons. The van der Waals surface area contributed by atoms with E-state index >= 15 is 0 Å². The number of hydrogen-bond donors (Lipinski definition) is 0. The molecule has 0 aromatic carbocycles. The lowest BCUT2D eigenvalue weighted by molar-refractivity contribution is -0.140. The van der Waals surface area contributed by atoms with Gasteiger partial charge in [0.25, 0.3) is 0 Å². The van der Waals surface area contributed by atoms with Crippen LogP contribution in [0.3, 0.4) is 0 Å². The van der Waals surface area contributed by atoms with Gasteiger partial charge >= 0.3 is 11.9 Å². The molecule has 0 bridgehead atoms. The first-order valence-electron chi connectivity index (χ1n) is 4.82. The second-order valence-corrected chi connectivity index (χ2v) is 3.65. The van der Waals surface area contributed by atoms with Crippen molar-refractivity contribution >= 4 is 27.9 Å². The van der Waals surface area contributed by atoms with Crippen molar-refractivity contribution in [3.05, 3.63) is 10.6 Å². The van der Waals surface area contributed by atoms with Crippen LogP contribution in [0.25, 0.3) is 0 Å². The first-order chi connectivity index (χ1) is 7.11. The van der Waals surface area contributed by atoms with Crippen molar-refractivity contribution in [2.45, 2.75) is 26.7 Å². The summed E-state index contributed by atoms with van der Waals surface area (Å²) in [5.41, 5.74) is 0. The fourth-order valence-electron chi connectivity index (χ4n) is 0.670. The molecule has 0 aliphatic rings. The van der Waals surface area contributed by atoms with Gasteiger partial charge in [-0.1, -0.05) is 13.8 Å². The summed E-state index contributed by atoms with van der Waals surface area (Å²) >= 11 is 2.95. The largest absolute Gasteiger partial charge is 0.463 e. The predicted molar refractivity (Wildman–Crippen MR) is 59.5 cm³/mol. The Morgan fingerprint density at radius 1 is 1.13 bits per heavy atom. The summed E-state index contributed by atoms with van der Waals surface area (Å²) in [5.74, 6) is -1.09. The molecule has 0 rings (SSSR count). The number of ether oxygens (including phenoxy) is 2. The summed E-state index contributed by atoms with van der Waals surface area (Å²) in [7, 11) is 0. The molecule has 0 atom stereocenters. The Kier molecular flexibility index (Phi) is 7.99. The van der Waals surface area contributed by atoms with Gasteiger partial charge in [0, 0.05) is 6.08 Å². The molecule has 4 nitrogen and oxygen atoms in total. The molecule has 0 aromatic rings. The van der Waals surface area contributed by atoms with E-state index in [1.807, 2.05) is 13.8 Å². The van der Waals surface area contributed by atoms with Gasteiger partial charge in [0.05, 0.1) is 13.2 Å². The van der Waals surface area contributed by atoms with E-state index in [9.17, 15) is 9.59 Å². The highest BCUT2D eigenvalue weighted by molar-refractivity contribution is 9.12. The number of hydrogen-bond acceptors (Lipinski definition) is 4. The van der Waals surface area contributed by atoms with Crippen LogP contribution >= 0.6 is 15.9 Å². The van der Waals surface area contributed by atoms with Gasteiger partial charge in [0.2, 0.25) is 0 Å². The molecule has 0 saturated carbocycles. The Morgan fingerprint density at radius 3 is 2.20 bits per heavy atom. The molecular weight excluding hydrogens is 264 g/mol. The molecule has 5 heteroatoms.